The summed E-state index contributed by atoms with van der Waals surface area (Å²) in [5, 5.41) is 10.6. The molecule has 96 heavy (non-hydrogen) atoms. The molecule has 3 N–H and O–H groups in total. The zero-order valence-corrected chi connectivity index (χ0v) is 61.5. The molecule has 5 atom stereocenters. The summed E-state index contributed by atoms with van der Waals surface area (Å²) >= 11 is 0. The van der Waals surface area contributed by atoms with Gasteiger partial charge in [-0.15, -0.1) is 0 Å². The van der Waals surface area contributed by atoms with E-state index < -0.39 is 97.5 Å². The van der Waals surface area contributed by atoms with Gasteiger partial charge in [0.2, 0.25) is 0 Å². The number of ether oxygens (including phenoxy) is 4. The van der Waals surface area contributed by atoms with Crippen LogP contribution in [0, 0.1) is 0 Å². The van der Waals surface area contributed by atoms with Crippen LogP contribution in [-0.2, 0) is 65.4 Å². The molecule has 0 saturated heterocycles. The van der Waals surface area contributed by atoms with Crippen molar-refractivity contribution in [1.82, 2.24) is 0 Å². The number of phosphoric ester groups is 2. The lowest BCUT2D eigenvalue weighted by atomic mass is 10.1. The maximum atomic E-state index is 13.0. The third-order valence-electron chi connectivity index (χ3n) is 15.0. The molecule has 0 bridgehead atoms. The molecule has 0 fully saturated rings. The van der Waals surface area contributed by atoms with Gasteiger partial charge in [-0.3, -0.25) is 37.3 Å². The topological polar surface area (TPSA) is 237 Å². The number of phosphoric acid groups is 2. The first-order chi connectivity index (χ1) is 46.7. The van der Waals surface area contributed by atoms with Crippen LogP contribution in [0.4, 0.5) is 0 Å². The molecule has 5 unspecified atom stereocenters. The number of carbonyl (C=O) groups excluding carboxylic acids is 4. The van der Waals surface area contributed by atoms with Crippen LogP contribution in [0.15, 0.2) is 122 Å². The van der Waals surface area contributed by atoms with Crippen LogP contribution in [0.3, 0.4) is 0 Å². The molecule has 0 aromatic rings. The molecule has 0 saturated carbocycles. The summed E-state index contributed by atoms with van der Waals surface area (Å²) in [5.74, 6) is -2.31. The van der Waals surface area contributed by atoms with Gasteiger partial charge in [-0.05, 0) is 103 Å². The standard InChI is InChI=1S/C77H130O17P2/c1-5-9-13-17-21-25-29-31-33-35-37-39-43-46-50-54-58-62-75(80)88-68-73(94-77(82)64-60-56-52-48-44-40-38-36-34-32-30-26-22-18-14-10-6-2)70-92-96(85,86)90-66-71(78)65-89-95(83,84)91-69-72(93-76(81)63-59-55-51-47-42-28-24-20-16-12-8-4)67-87-74(79)61-57-53-49-45-41-27-23-19-15-11-7-3/h9-10,13-14,21-22,25-26,31-34,37-40,46,48,50,52,71-73,78H,5-8,11-12,15-20,23-24,27-30,35-36,41-45,47,49,51,53-70H2,1-4H3,(H,83,84)(H,85,86)/b13-9-,14-10-,25-21-,26-22-,33-31-,34-32-,39-37-,40-38-,50-46-,52-48-. The van der Waals surface area contributed by atoms with Crippen molar-refractivity contribution in [2.24, 2.45) is 0 Å². The average molecular weight is 1390 g/mol. The Morgan fingerprint density at radius 3 is 0.844 bits per heavy atom. The van der Waals surface area contributed by atoms with Crippen molar-refractivity contribution >= 4 is 39.5 Å². The minimum atomic E-state index is -5.00. The molecule has 19 heteroatoms. The van der Waals surface area contributed by atoms with Crippen molar-refractivity contribution < 1.29 is 80.2 Å². The van der Waals surface area contributed by atoms with Crippen molar-refractivity contribution in [3.05, 3.63) is 122 Å². The van der Waals surface area contributed by atoms with E-state index in [-0.39, 0.29) is 25.7 Å². The predicted molar refractivity (Wildman–Crippen MR) is 390 cm³/mol. The molecule has 550 valence electrons. The Kier molecular flexibility index (Phi) is 65.7. The Hall–Kier alpha value is -4.54. The second-order valence-electron chi connectivity index (χ2n) is 24.1. The van der Waals surface area contributed by atoms with E-state index in [4.69, 9.17) is 37.0 Å². The van der Waals surface area contributed by atoms with E-state index in [2.05, 4.69) is 125 Å². The highest BCUT2D eigenvalue weighted by molar-refractivity contribution is 7.47. The fourth-order valence-electron chi connectivity index (χ4n) is 9.41. The summed E-state index contributed by atoms with van der Waals surface area (Å²) in [6, 6.07) is 0. The lowest BCUT2D eigenvalue weighted by Gasteiger charge is -2.21. The summed E-state index contributed by atoms with van der Waals surface area (Å²) in [7, 11) is -9.97. The lowest BCUT2D eigenvalue weighted by molar-refractivity contribution is -0.161. The van der Waals surface area contributed by atoms with Gasteiger partial charge in [0.1, 0.15) is 19.3 Å². The first-order valence-corrected chi connectivity index (χ1v) is 39.8. The van der Waals surface area contributed by atoms with Crippen LogP contribution in [0.25, 0.3) is 0 Å². The summed E-state index contributed by atoms with van der Waals surface area (Å²) in [6.45, 7) is 4.49. The number of unbranched alkanes of at least 4 members (excludes halogenated alkanes) is 22. The van der Waals surface area contributed by atoms with Gasteiger partial charge in [0, 0.05) is 25.7 Å². The predicted octanol–water partition coefficient (Wildman–Crippen LogP) is 20.8. The quantitative estimate of drug-likeness (QED) is 0.0169. The Morgan fingerprint density at radius 1 is 0.302 bits per heavy atom. The molecule has 0 aromatic carbocycles. The van der Waals surface area contributed by atoms with Gasteiger partial charge in [0.05, 0.1) is 26.4 Å². The lowest BCUT2D eigenvalue weighted by Crippen LogP contribution is -2.30. The Balaban J connectivity index is 5.44. The minimum Gasteiger partial charge on any atom is -0.462 e. The zero-order valence-electron chi connectivity index (χ0n) is 59.8. The van der Waals surface area contributed by atoms with Crippen molar-refractivity contribution in [1.29, 1.82) is 0 Å². The third-order valence-corrected chi connectivity index (χ3v) is 16.9. The molecule has 0 amide bonds. The van der Waals surface area contributed by atoms with Gasteiger partial charge in [-0.25, -0.2) is 9.13 Å². The monoisotopic (exact) mass is 1390 g/mol. The first-order valence-electron chi connectivity index (χ1n) is 36.8. The normalized spacial score (nSPS) is 14.7. The van der Waals surface area contributed by atoms with E-state index >= 15 is 0 Å². The van der Waals surface area contributed by atoms with E-state index in [1.165, 1.54) is 83.5 Å². The smallest absolute Gasteiger partial charge is 0.462 e. The number of esters is 4. The summed E-state index contributed by atoms with van der Waals surface area (Å²) < 4.78 is 68.2. The fraction of sp³-hybridized carbons (Fsp3) is 0.688. The summed E-state index contributed by atoms with van der Waals surface area (Å²) in [5.41, 5.74) is 0. The fourth-order valence-corrected chi connectivity index (χ4v) is 11.0. The van der Waals surface area contributed by atoms with Crippen LogP contribution < -0.4 is 0 Å². The SMILES string of the molecule is CC/C=C\C/C=C\C/C=C\C/C=C\C/C=C\CCCC(=O)OCC(COP(=O)(O)OCC(O)COP(=O)(O)OCC(COC(=O)CCCCCCCCCCCCC)OC(=O)CCCCCCCCCCCCC)OC(=O)CCC/C=C\C/C=C\C/C=C\C/C=C\C/C=C\CC. The Bertz CT molecular complexity index is 2300. The van der Waals surface area contributed by atoms with E-state index in [0.29, 0.717) is 38.5 Å². The number of aliphatic hydroxyl groups excluding tert-OH is 1. The molecular formula is C77H130O17P2. The van der Waals surface area contributed by atoms with E-state index in [1.807, 2.05) is 24.3 Å². The highest BCUT2D eigenvalue weighted by Gasteiger charge is 2.30. The van der Waals surface area contributed by atoms with Crippen LogP contribution in [0.5, 0.6) is 0 Å². The van der Waals surface area contributed by atoms with Crippen molar-refractivity contribution in [3.8, 4) is 0 Å². The number of hydrogen-bond donors (Lipinski definition) is 3. The molecular weight excluding hydrogens is 1260 g/mol. The van der Waals surface area contributed by atoms with Gasteiger partial charge in [0.25, 0.3) is 0 Å². The van der Waals surface area contributed by atoms with Crippen molar-refractivity contribution in [2.75, 3.05) is 39.6 Å². The molecule has 0 radical (unpaired) electrons. The molecule has 17 nitrogen and oxygen atoms in total. The number of carbonyl (C=O) groups is 4. The van der Waals surface area contributed by atoms with Crippen LogP contribution in [0.2, 0.25) is 0 Å². The summed E-state index contributed by atoms with van der Waals surface area (Å²) in [6.07, 6.45) is 73.7. The first kappa shape index (κ1) is 91.5. The highest BCUT2D eigenvalue weighted by atomic mass is 31.2. The molecule has 0 rings (SSSR count). The van der Waals surface area contributed by atoms with Gasteiger partial charge < -0.3 is 33.8 Å². The maximum Gasteiger partial charge on any atom is 0.472 e. The van der Waals surface area contributed by atoms with E-state index in [0.717, 1.165) is 109 Å². The average Bonchev–Trinajstić information content (AvgIpc) is 1.85. The van der Waals surface area contributed by atoms with Crippen molar-refractivity contribution in [3.63, 3.8) is 0 Å². The molecule has 0 aromatic heterocycles. The maximum absolute atomic E-state index is 13.0. The largest absolute Gasteiger partial charge is 0.472 e. The zero-order chi connectivity index (χ0) is 70.4. The third kappa shape index (κ3) is 68.0. The number of rotatable bonds is 68. The van der Waals surface area contributed by atoms with Crippen molar-refractivity contribution in [2.45, 2.75) is 303 Å². The molecule has 0 spiro atoms. The van der Waals surface area contributed by atoms with Crippen LogP contribution in [-0.4, -0.2) is 96.7 Å². The van der Waals surface area contributed by atoms with Crippen LogP contribution >= 0.6 is 15.6 Å². The Morgan fingerprint density at radius 2 is 0.542 bits per heavy atom. The van der Waals surface area contributed by atoms with E-state index in [9.17, 15) is 43.2 Å². The van der Waals surface area contributed by atoms with E-state index in [1.54, 1.807) is 0 Å². The second-order valence-corrected chi connectivity index (χ2v) is 27.0. The Labute approximate surface area is 581 Å². The molecule has 0 aliphatic heterocycles. The minimum absolute atomic E-state index is 0.00213. The van der Waals surface area contributed by atoms with Crippen LogP contribution in [0.1, 0.15) is 285 Å². The summed E-state index contributed by atoms with van der Waals surface area (Å²) in [4.78, 5) is 72.6. The van der Waals surface area contributed by atoms with Gasteiger partial charge in [0.15, 0.2) is 12.2 Å². The number of hydrogen-bond acceptors (Lipinski definition) is 15. The highest BCUT2D eigenvalue weighted by Crippen LogP contribution is 2.45. The van der Waals surface area contributed by atoms with Gasteiger partial charge in [-0.1, -0.05) is 278 Å². The van der Waals surface area contributed by atoms with Gasteiger partial charge in [-0.2, -0.15) is 0 Å². The molecule has 0 aliphatic rings. The number of aliphatic hydroxyl groups is 1. The number of allylic oxidation sites excluding steroid dienone is 20. The second kappa shape index (κ2) is 69.0. The molecule has 0 aliphatic carbocycles. The molecule has 0 heterocycles. The van der Waals surface area contributed by atoms with Gasteiger partial charge >= 0.3 is 39.5 Å².